The van der Waals surface area contributed by atoms with E-state index in [1.54, 1.807) is 12.1 Å². The summed E-state index contributed by atoms with van der Waals surface area (Å²) in [7, 11) is 0. The van der Waals surface area contributed by atoms with Crippen LogP contribution < -0.4 is 10.5 Å². The van der Waals surface area contributed by atoms with Crippen LogP contribution in [0, 0.1) is 0 Å². The number of nitrogens with zero attached hydrogens (tertiary/aromatic N) is 1. The fraction of sp³-hybridized carbons (Fsp3) is 0.364. The molecule has 3 N–H and O–H groups in total. The molecular formula is C11H13Cl3N2O2. The minimum Gasteiger partial charge on any atom is -0.491 e. The molecule has 0 saturated heterocycles. The first-order valence-electron chi connectivity index (χ1n) is 5.12. The van der Waals surface area contributed by atoms with E-state index in [1.807, 2.05) is 18.2 Å². The number of nitrogens with two attached hydrogens (primary N) is 1. The van der Waals surface area contributed by atoms with Gasteiger partial charge in [0.25, 0.3) is 0 Å². The van der Waals surface area contributed by atoms with Gasteiger partial charge in [0.2, 0.25) is 3.79 Å². The highest BCUT2D eigenvalue weighted by Gasteiger charge is 2.25. The molecule has 0 fully saturated rings. The zero-order chi connectivity index (χ0) is 13.6. The predicted octanol–water partition coefficient (Wildman–Crippen LogP) is 2.15. The fourth-order valence-electron chi connectivity index (χ4n) is 1.06. The maximum atomic E-state index is 9.61. The maximum absolute atomic E-state index is 9.61. The molecule has 0 aliphatic carbocycles. The molecule has 1 atom stereocenters. The Morgan fingerprint density at radius 1 is 1.33 bits per heavy atom. The molecule has 0 aliphatic rings. The second kappa shape index (κ2) is 7.04. The van der Waals surface area contributed by atoms with Crippen molar-refractivity contribution in [3.05, 3.63) is 30.3 Å². The van der Waals surface area contributed by atoms with Gasteiger partial charge >= 0.3 is 0 Å². The molecule has 0 aliphatic heterocycles. The average molecular weight is 312 g/mol. The van der Waals surface area contributed by atoms with Crippen molar-refractivity contribution in [3.8, 4) is 5.75 Å². The molecule has 7 heteroatoms. The van der Waals surface area contributed by atoms with Crippen LogP contribution in [0.5, 0.6) is 5.75 Å². The van der Waals surface area contributed by atoms with Gasteiger partial charge in [0.15, 0.2) is 0 Å². The monoisotopic (exact) mass is 310 g/mol. The fourth-order valence-corrected chi connectivity index (χ4v) is 1.23. The molecule has 18 heavy (non-hydrogen) atoms. The SMILES string of the molecule is NC(=NCC(O)COc1ccccc1)C(Cl)(Cl)Cl. The van der Waals surface area contributed by atoms with Gasteiger partial charge in [-0.3, -0.25) is 4.99 Å². The Bertz CT molecular complexity index is 393. The lowest BCUT2D eigenvalue weighted by molar-refractivity contribution is 0.114. The zero-order valence-corrected chi connectivity index (χ0v) is 11.7. The Kier molecular flexibility index (Phi) is 6.02. The van der Waals surface area contributed by atoms with Crippen LogP contribution in [0.4, 0.5) is 0 Å². The molecule has 4 nitrogen and oxygen atoms in total. The van der Waals surface area contributed by atoms with Crippen molar-refractivity contribution < 1.29 is 9.84 Å². The lowest BCUT2D eigenvalue weighted by Crippen LogP contribution is -2.30. The van der Waals surface area contributed by atoms with Gasteiger partial charge in [0, 0.05) is 0 Å². The molecule has 0 radical (unpaired) electrons. The van der Waals surface area contributed by atoms with E-state index in [2.05, 4.69) is 4.99 Å². The van der Waals surface area contributed by atoms with Crippen molar-refractivity contribution >= 4 is 40.6 Å². The van der Waals surface area contributed by atoms with Crippen LogP contribution in [0.1, 0.15) is 0 Å². The summed E-state index contributed by atoms with van der Waals surface area (Å²) in [5, 5.41) is 9.61. The van der Waals surface area contributed by atoms with E-state index in [9.17, 15) is 5.11 Å². The molecule has 0 aromatic heterocycles. The van der Waals surface area contributed by atoms with Crippen molar-refractivity contribution in [1.29, 1.82) is 0 Å². The van der Waals surface area contributed by atoms with Gasteiger partial charge in [0.05, 0.1) is 6.54 Å². The summed E-state index contributed by atoms with van der Waals surface area (Å²) < 4.78 is 3.58. The van der Waals surface area contributed by atoms with Crippen molar-refractivity contribution in [1.82, 2.24) is 0 Å². The Balaban J connectivity index is 2.37. The Morgan fingerprint density at radius 3 is 2.50 bits per heavy atom. The van der Waals surface area contributed by atoms with Crippen LogP contribution in [0.3, 0.4) is 0 Å². The first kappa shape index (κ1) is 15.4. The molecule has 0 bridgehead atoms. The van der Waals surface area contributed by atoms with Gasteiger partial charge in [-0.05, 0) is 12.1 Å². The lowest BCUT2D eigenvalue weighted by Gasteiger charge is -2.13. The van der Waals surface area contributed by atoms with E-state index in [4.69, 9.17) is 45.3 Å². The first-order chi connectivity index (χ1) is 8.39. The number of amidine groups is 1. The van der Waals surface area contributed by atoms with Gasteiger partial charge < -0.3 is 15.6 Å². The number of benzene rings is 1. The summed E-state index contributed by atoms with van der Waals surface area (Å²) >= 11 is 16.5. The third kappa shape index (κ3) is 5.78. The van der Waals surface area contributed by atoms with E-state index >= 15 is 0 Å². The third-order valence-corrected chi connectivity index (χ3v) is 2.53. The summed E-state index contributed by atoms with van der Waals surface area (Å²) in [4.78, 5) is 3.78. The van der Waals surface area contributed by atoms with E-state index in [0.717, 1.165) is 0 Å². The number of aliphatic imine (C=N–C) groups is 1. The summed E-state index contributed by atoms with van der Waals surface area (Å²) in [5.74, 6) is 0.501. The van der Waals surface area contributed by atoms with Crippen molar-refractivity contribution in [2.45, 2.75) is 9.90 Å². The maximum Gasteiger partial charge on any atom is 0.247 e. The number of hydrogen-bond donors (Lipinski definition) is 2. The number of ether oxygens (including phenoxy) is 1. The number of para-hydroxylation sites is 1. The van der Waals surface area contributed by atoms with Crippen molar-refractivity contribution in [2.75, 3.05) is 13.2 Å². The highest BCUT2D eigenvalue weighted by molar-refractivity contribution is 6.76. The minimum atomic E-state index is -1.75. The molecular weight excluding hydrogens is 298 g/mol. The number of rotatable bonds is 5. The first-order valence-corrected chi connectivity index (χ1v) is 6.26. The van der Waals surface area contributed by atoms with Crippen LogP contribution in [-0.2, 0) is 0 Å². The van der Waals surface area contributed by atoms with Gasteiger partial charge in [0.1, 0.15) is 24.3 Å². The lowest BCUT2D eigenvalue weighted by atomic mass is 10.3. The molecule has 100 valence electrons. The summed E-state index contributed by atoms with van der Waals surface area (Å²) in [6.07, 6.45) is -0.823. The highest BCUT2D eigenvalue weighted by atomic mass is 35.6. The summed E-state index contributed by atoms with van der Waals surface area (Å²) in [6, 6.07) is 9.11. The summed E-state index contributed by atoms with van der Waals surface area (Å²) in [6.45, 7) is 0.0905. The van der Waals surface area contributed by atoms with Gasteiger partial charge in [-0.15, -0.1) is 0 Å². The summed E-state index contributed by atoms with van der Waals surface area (Å²) in [5.41, 5.74) is 5.41. The van der Waals surface area contributed by atoms with Crippen LogP contribution in [0.15, 0.2) is 35.3 Å². The molecule has 1 aromatic rings. The van der Waals surface area contributed by atoms with Crippen LogP contribution in [0.25, 0.3) is 0 Å². The van der Waals surface area contributed by atoms with Gasteiger partial charge in [-0.25, -0.2) is 0 Å². The largest absolute Gasteiger partial charge is 0.491 e. The molecule has 0 heterocycles. The Labute approximate surface area is 120 Å². The van der Waals surface area contributed by atoms with Crippen LogP contribution in [-0.4, -0.2) is 34.0 Å². The quantitative estimate of drug-likeness (QED) is 0.497. The molecule has 1 rings (SSSR count). The van der Waals surface area contributed by atoms with Crippen LogP contribution >= 0.6 is 34.8 Å². The smallest absolute Gasteiger partial charge is 0.247 e. The molecule has 1 aromatic carbocycles. The highest BCUT2D eigenvalue weighted by Crippen LogP contribution is 2.25. The Hall–Kier alpha value is -0.680. The molecule has 0 saturated carbocycles. The van der Waals surface area contributed by atoms with Gasteiger partial charge in [-0.2, -0.15) is 0 Å². The van der Waals surface area contributed by atoms with E-state index < -0.39 is 9.90 Å². The van der Waals surface area contributed by atoms with E-state index in [1.165, 1.54) is 0 Å². The third-order valence-electron chi connectivity index (χ3n) is 1.95. The topological polar surface area (TPSA) is 67.8 Å². The number of hydrogen-bond acceptors (Lipinski definition) is 3. The molecule has 0 spiro atoms. The molecule has 1 unspecified atom stereocenters. The normalized spacial score (nSPS) is 14.3. The second-order valence-electron chi connectivity index (χ2n) is 3.50. The zero-order valence-electron chi connectivity index (χ0n) is 9.39. The van der Waals surface area contributed by atoms with Crippen molar-refractivity contribution in [2.24, 2.45) is 10.7 Å². The standard InChI is InChI=1S/C11H13Cl3N2O2/c12-11(13,14)10(15)16-6-8(17)7-18-9-4-2-1-3-5-9/h1-5,8,17H,6-7H2,(H2,15,16). The molecule has 0 amide bonds. The number of halogens is 3. The van der Waals surface area contributed by atoms with Crippen LogP contribution in [0.2, 0.25) is 0 Å². The van der Waals surface area contributed by atoms with E-state index in [0.29, 0.717) is 5.75 Å². The number of aliphatic hydroxyl groups excluding tert-OH is 1. The Morgan fingerprint density at radius 2 is 1.94 bits per heavy atom. The number of aliphatic hydroxyl groups is 1. The predicted molar refractivity (Wildman–Crippen MR) is 74.7 cm³/mol. The van der Waals surface area contributed by atoms with Crippen molar-refractivity contribution in [3.63, 3.8) is 0 Å². The number of alkyl halides is 3. The van der Waals surface area contributed by atoms with E-state index in [-0.39, 0.29) is 19.0 Å². The second-order valence-corrected chi connectivity index (χ2v) is 5.78. The minimum absolute atomic E-state index is 0.00652. The van der Waals surface area contributed by atoms with Gasteiger partial charge in [-0.1, -0.05) is 53.0 Å². The average Bonchev–Trinajstić information content (AvgIpc) is 2.33.